The Kier molecular flexibility index (Phi) is 8.69. The molecular formula is C16H31ClN2O3. The van der Waals surface area contributed by atoms with E-state index in [1.807, 2.05) is 13.8 Å². The second-order valence-electron chi connectivity index (χ2n) is 6.43. The lowest BCUT2D eigenvalue weighted by Gasteiger charge is -2.45. The number of rotatable bonds is 7. The van der Waals surface area contributed by atoms with Gasteiger partial charge in [-0.2, -0.15) is 0 Å². The Morgan fingerprint density at radius 2 is 1.91 bits per heavy atom. The van der Waals surface area contributed by atoms with Gasteiger partial charge in [-0.3, -0.25) is 4.79 Å². The van der Waals surface area contributed by atoms with Gasteiger partial charge in [0.05, 0.1) is 13.2 Å². The average Bonchev–Trinajstić information content (AvgIpc) is 2.44. The van der Waals surface area contributed by atoms with Crippen LogP contribution in [0.5, 0.6) is 0 Å². The third-order valence-electron chi connectivity index (χ3n) is 4.85. The Balaban J connectivity index is 0.00000242. The van der Waals surface area contributed by atoms with E-state index in [-0.39, 0.29) is 18.3 Å². The third-order valence-corrected chi connectivity index (χ3v) is 4.85. The van der Waals surface area contributed by atoms with E-state index in [1.54, 1.807) is 0 Å². The lowest BCUT2D eigenvalue weighted by molar-refractivity contribution is -0.135. The molecule has 6 heteroatoms. The van der Waals surface area contributed by atoms with Crippen LogP contribution in [-0.2, 0) is 14.3 Å². The van der Waals surface area contributed by atoms with Crippen molar-refractivity contribution in [3.8, 4) is 0 Å². The number of halogens is 1. The molecule has 2 rings (SSSR count). The summed E-state index contributed by atoms with van der Waals surface area (Å²) in [4.78, 5) is 12.3. The molecule has 0 radical (unpaired) electrons. The molecule has 2 aliphatic carbocycles. The fourth-order valence-corrected chi connectivity index (χ4v) is 3.81. The van der Waals surface area contributed by atoms with Gasteiger partial charge in [-0.25, -0.2) is 0 Å². The molecule has 2 aliphatic rings. The molecule has 3 unspecified atom stereocenters. The van der Waals surface area contributed by atoms with Crippen molar-refractivity contribution in [2.75, 3.05) is 19.8 Å². The van der Waals surface area contributed by atoms with Gasteiger partial charge < -0.3 is 20.5 Å². The van der Waals surface area contributed by atoms with Gasteiger partial charge >= 0.3 is 0 Å². The highest BCUT2D eigenvalue weighted by Gasteiger charge is 2.40. The van der Waals surface area contributed by atoms with Crippen LogP contribution >= 0.6 is 12.4 Å². The van der Waals surface area contributed by atoms with Crippen LogP contribution < -0.4 is 11.1 Å². The van der Waals surface area contributed by atoms with Crippen molar-refractivity contribution in [2.24, 2.45) is 17.6 Å². The quantitative estimate of drug-likeness (QED) is 0.697. The molecule has 2 saturated carbocycles. The van der Waals surface area contributed by atoms with E-state index in [0.717, 1.165) is 12.8 Å². The van der Waals surface area contributed by atoms with E-state index in [1.165, 1.54) is 19.3 Å². The van der Waals surface area contributed by atoms with Crippen molar-refractivity contribution in [2.45, 2.75) is 64.1 Å². The molecule has 3 atom stereocenters. The molecular weight excluding hydrogens is 304 g/mol. The van der Waals surface area contributed by atoms with E-state index < -0.39 is 6.10 Å². The van der Waals surface area contributed by atoms with E-state index in [0.29, 0.717) is 43.7 Å². The number of hydrogen-bond acceptors (Lipinski definition) is 4. The van der Waals surface area contributed by atoms with Crippen LogP contribution in [0.4, 0.5) is 0 Å². The zero-order valence-corrected chi connectivity index (χ0v) is 14.6. The molecule has 130 valence electrons. The number of nitrogens with two attached hydrogens (primary N) is 1. The molecule has 0 aromatic carbocycles. The van der Waals surface area contributed by atoms with Crippen molar-refractivity contribution in [3.63, 3.8) is 0 Å². The fraction of sp³-hybridized carbons (Fsp3) is 0.938. The summed E-state index contributed by atoms with van der Waals surface area (Å²) >= 11 is 0. The van der Waals surface area contributed by atoms with Crippen LogP contribution in [0, 0.1) is 11.8 Å². The summed E-state index contributed by atoms with van der Waals surface area (Å²) in [5.41, 5.74) is 6.12. The first-order chi connectivity index (χ1) is 10.1. The minimum absolute atomic E-state index is 0. The Bertz CT molecular complexity index is 329. The van der Waals surface area contributed by atoms with Crippen LogP contribution in [0.3, 0.4) is 0 Å². The fourth-order valence-electron chi connectivity index (χ4n) is 3.81. The molecule has 0 aromatic rings. The van der Waals surface area contributed by atoms with Gasteiger partial charge in [0, 0.05) is 18.7 Å². The molecule has 0 aliphatic heterocycles. The van der Waals surface area contributed by atoms with Gasteiger partial charge in [0.1, 0.15) is 6.10 Å². The zero-order chi connectivity index (χ0) is 15.2. The molecule has 0 heterocycles. The highest BCUT2D eigenvalue weighted by atomic mass is 35.5. The summed E-state index contributed by atoms with van der Waals surface area (Å²) in [6.45, 7) is 5.44. The number of amides is 1. The number of ether oxygens (including phenoxy) is 2. The minimum atomic E-state index is -0.415. The third kappa shape index (κ3) is 5.37. The van der Waals surface area contributed by atoms with Gasteiger partial charge in [0.25, 0.3) is 0 Å². The van der Waals surface area contributed by atoms with E-state index in [9.17, 15) is 4.79 Å². The first-order valence-electron chi connectivity index (χ1n) is 8.37. The zero-order valence-electron chi connectivity index (χ0n) is 13.8. The van der Waals surface area contributed by atoms with Crippen LogP contribution in [0.15, 0.2) is 0 Å². The first kappa shape index (κ1) is 19.7. The monoisotopic (exact) mass is 334 g/mol. The Labute approximate surface area is 140 Å². The molecule has 0 aromatic heterocycles. The standard InChI is InChI=1S/C16H30N2O3.ClH/c1-3-20-7-8-21-11(2)16(19)18-15-12-5-4-6-13(15)10-14(17)9-12;/h11-15H,3-10,17H2,1-2H3,(H,18,19);1H. The molecule has 0 saturated heterocycles. The van der Waals surface area contributed by atoms with Gasteiger partial charge in [0.15, 0.2) is 0 Å². The van der Waals surface area contributed by atoms with Crippen LogP contribution in [-0.4, -0.2) is 43.9 Å². The highest BCUT2D eigenvalue weighted by Crippen LogP contribution is 2.39. The van der Waals surface area contributed by atoms with E-state index in [4.69, 9.17) is 15.2 Å². The van der Waals surface area contributed by atoms with Crippen molar-refractivity contribution in [1.29, 1.82) is 0 Å². The predicted molar refractivity (Wildman–Crippen MR) is 89.1 cm³/mol. The smallest absolute Gasteiger partial charge is 0.249 e. The summed E-state index contributed by atoms with van der Waals surface area (Å²) in [5, 5.41) is 3.22. The highest BCUT2D eigenvalue weighted by molar-refractivity contribution is 5.85. The maximum atomic E-state index is 12.3. The lowest BCUT2D eigenvalue weighted by atomic mass is 9.67. The van der Waals surface area contributed by atoms with E-state index in [2.05, 4.69) is 5.32 Å². The molecule has 0 spiro atoms. The lowest BCUT2D eigenvalue weighted by Crippen LogP contribution is -2.55. The van der Waals surface area contributed by atoms with Gasteiger partial charge in [-0.05, 0) is 51.4 Å². The van der Waals surface area contributed by atoms with E-state index >= 15 is 0 Å². The maximum Gasteiger partial charge on any atom is 0.249 e. The van der Waals surface area contributed by atoms with Crippen LogP contribution in [0.2, 0.25) is 0 Å². The average molecular weight is 335 g/mol. The molecule has 3 N–H and O–H groups in total. The van der Waals surface area contributed by atoms with Crippen LogP contribution in [0.25, 0.3) is 0 Å². The topological polar surface area (TPSA) is 73.6 Å². The largest absolute Gasteiger partial charge is 0.379 e. The first-order valence-corrected chi connectivity index (χ1v) is 8.37. The maximum absolute atomic E-state index is 12.3. The minimum Gasteiger partial charge on any atom is -0.379 e. The van der Waals surface area contributed by atoms with Gasteiger partial charge in [-0.1, -0.05) is 6.42 Å². The summed E-state index contributed by atoms with van der Waals surface area (Å²) < 4.78 is 10.7. The van der Waals surface area contributed by atoms with Gasteiger partial charge in [-0.15, -0.1) is 12.4 Å². The predicted octanol–water partition coefficient (Wildman–Crippen LogP) is 1.87. The second-order valence-corrected chi connectivity index (χ2v) is 6.43. The molecule has 2 bridgehead atoms. The second kappa shape index (κ2) is 9.71. The van der Waals surface area contributed by atoms with Crippen molar-refractivity contribution in [1.82, 2.24) is 5.32 Å². The number of carbonyl (C=O) groups is 1. The summed E-state index contributed by atoms with van der Waals surface area (Å²) in [7, 11) is 0. The number of carbonyl (C=O) groups excluding carboxylic acids is 1. The van der Waals surface area contributed by atoms with Gasteiger partial charge in [0.2, 0.25) is 5.91 Å². The summed E-state index contributed by atoms with van der Waals surface area (Å²) in [5.74, 6) is 1.10. The van der Waals surface area contributed by atoms with Crippen LogP contribution in [0.1, 0.15) is 46.0 Å². The summed E-state index contributed by atoms with van der Waals surface area (Å²) in [6, 6.07) is 0.609. The Hall–Kier alpha value is -0.360. The normalized spacial score (nSPS) is 32.0. The number of fused-ring (bicyclic) bond motifs is 2. The van der Waals surface area contributed by atoms with Crippen molar-refractivity contribution in [3.05, 3.63) is 0 Å². The Morgan fingerprint density at radius 1 is 1.27 bits per heavy atom. The summed E-state index contributed by atoms with van der Waals surface area (Å²) in [6.07, 6.45) is 5.32. The number of hydrogen-bond donors (Lipinski definition) is 2. The number of nitrogens with one attached hydrogen (secondary N) is 1. The molecule has 5 nitrogen and oxygen atoms in total. The van der Waals surface area contributed by atoms with Crippen molar-refractivity contribution < 1.29 is 14.3 Å². The van der Waals surface area contributed by atoms with Crippen molar-refractivity contribution >= 4 is 18.3 Å². The Morgan fingerprint density at radius 3 is 2.50 bits per heavy atom. The molecule has 2 fully saturated rings. The SMILES string of the molecule is CCOCCOC(C)C(=O)NC1C2CCCC1CC(N)C2.Cl. The molecule has 1 amide bonds. The molecule has 22 heavy (non-hydrogen) atoms.